The van der Waals surface area contributed by atoms with Crippen molar-refractivity contribution in [3.05, 3.63) is 34.4 Å². The fourth-order valence-electron chi connectivity index (χ4n) is 1.38. The minimum Gasteiger partial charge on any atom is -0.494 e. The normalized spacial score (nSPS) is 9.70. The maximum atomic E-state index is 10.4. The molecule has 0 atom stereocenters. The van der Waals surface area contributed by atoms with Crippen LogP contribution in [0, 0.1) is 10.1 Å². The fraction of sp³-hybridized carbons (Fsp3) is 0.429. The number of hydrogen-bond acceptors (Lipinski definition) is 6. The first kappa shape index (κ1) is 20.3. The zero-order chi connectivity index (χ0) is 17.8. The van der Waals surface area contributed by atoms with E-state index in [4.69, 9.17) is 24.5 Å². The summed E-state index contributed by atoms with van der Waals surface area (Å²) in [6, 6.07) is 6.17. The van der Waals surface area contributed by atoms with Gasteiger partial charge in [0, 0.05) is 12.1 Å². The largest absolute Gasteiger partial charge is 0.494 e. The van der Waals surface area contributed by atoms with Crippen molar-refractivity contribution in [1.82, 2.24) is 4.90 Å². The van der Waals surface area contributed by atoms with Crippen LogP contribution >= 0.6 is 0 Å². The van der Waals surface area contributed by atoms with Gasteiger partial charge < -0.3 is 19.8 Å². The standard InChI is InChI=1S/C12H18N2O3.C2H2O4/c1-13(2)9-3-4-10-17-12-7-5-11(6-8-12)14(15)16;3-1(4)2(5)6/h5-8H,3-4,9-10H2,1-2H3;(H,3,4)(H,5,6). The minimum atomic E-state index is -1.82. The van der Waals surface area contributed by atoms with E-state index < -0.39 is 16.9 Å². The van der Waals surface area contributed by atoms with Crippen LogP contribution in [0.3, 0.4) is 0 Å². The first-order chi connectivity index (χ1) is 10.7. The number of benzene rings is 1. The molecule has 0 aromatic heterocycles. The molecule has 9 nitrogen and oxygen atoms in total. The quantitative estimate of drug-likeness (QED) is 0.333. The number of nitro groups is 1. The van der Waals surface area contributed by atoms with E-state index in [1.165, 1.54) is 12.1 Å². The second kappa shape index (κ2) is 11.0. The van der Waals surface area contributed by atoms with Crippen molar-refractivity contribution in [3.8, 4) is 5.75 Å². The number of carbonyl (C=O) groups is 2. The fourth-order valence-corrected chi connectivity index (χ4v) is 1.38. The van der Waals surface area contributed by atoms with Crippen molar-refractivity contribution in [3.63, 3.8) is 0 Å². The highest BCUT2D eigenvalue weighted by atomic mass is 16.6. The van der Waals surface area contributed by atoms with Crippen LogP contribution in [0.5, 0.6) is 5.75 Å². The molecular weight excluding hydrogens is 308 g/mol. The van der Waals surface area contributed by atoms with Gasteiger partial charge in [-0.1, -0.05) is 0 Å². The Balaban J connectivity index is 0.000000688. The van der Waals surface area contributed by atoms with Crippen LogP contribution in [0.1, 0.15) is 12.8 Å². The molecule has 0 radical (unpaired) electrons. The van der Waals surface area contributed by atoms with E-state index >= 15 is 0 Å². The van der Waals surface area contributed by atoms with Crippen molar-refractivity contribution in [1.29, 1.82) is 0 Å². The highest BCUT2D eigenvalue weighted by molar-refractivity contribution is 6.27. The van der Waals surface area contributed by atoms with Crippen LogP contribution < -0.4 is 4.74 Å². The topological polar surface area (TPSA) is 130 Å². The van der Waals surface area contributed by atoms with E-state index in [9.17, 15) is 10.1 Å². The van der Waals surface area contributed by atoms with Gasteiger partial charge in [-0.25, -0.2) is 9.59 Å². The molecule has 2 N–H and O–H groups in total. The maximum Gasteiger partial charge on any atom is 0.414 e. The van der Waals surface area contributed by atoms with E-state index in [1.807, 2.05) is 14.1 Å². The Hall–Kier alpha value is -2.68. The van der Waals surface area contributed by atoms with E-state index in [1.54, 1.807) is 12.1 Å². The lowest BCUT2D eigenvalue weighted by Gasteiger charge is -2.09. The molecular formula is C14H20N2O7. The molecule has 1 aromatic rings. The third kappa shape index (κ3) is 10.7. The van der Waals surface area contributed by atoms with E-state index in [-0.39, 0.29) is 5.69 Å². The Morgan fingerprint density at radius 3 is 2.04 bits per heavy atom. The SMILES string of the molecule is CN(C)CCCCOc1ccc([N+](=O)[O-])cc1.O=C(O)C(=O)O. The van der Waals surface area contributed by atoms with Crippen LogP contribution in [-0.2, 0) is 9.59 Å². The average molecular weight is 328 g/mol. The summed E-state index contributed by atoms with van der Waals surface area (Å²) in [5.74, 6) is -2.97. The van der Waals surface area contributed by atoms with Crippen LogP contribution in [0.25, 0.3) is 0 Å². The van der Waals surface area contributed by atoms with Crippen molar-refractivity contribution in [2.75, 3.05) is 27.2 Å². The number of carboxylic acids is 2. The van der Waals surface area contributed by atoms with Crippen molar-refractivity contribution in [2.45, 2.75) is 12.8 Å². The van der Waals surface area contributed by atoms with Gasteiger partial charge in [0.25, 0.3) is 5.69 Å². The summed E-state index contributed by atoms with van der Waals surface area (Å²) in [6.07, 6.45) is 2.06. The predicted octanol–water partition coefficient (Wildman–Crippen LogP) is 1.47. The summed E-state index contributed by atoms with van der Waals surface area (Å²) in [6.45, 7) is 1.69. The molecule has 0 aliphatic heterocycles. The molecule has 0 saturated heterocycles. The molecule has 0 heterocycles. The number of aliphatic carboxylic acids is 2. The highest BCUT2D eigenvalue weighted by Crippen LogP contribution is 2.17. The summed E-state index contributed by atoms with van der Waals surface area (Å²) in [5.41, 5.74) is 0.0879. The second-order valence-corrected chi connectivity index (χ2v) is 4.72. The first-order valence-electron chi connectivity index (χ1n) is 6.72. The highest BCUT2D eigenvalue weighted by Gasteiger charge is 2.04. The molecule has 1 aromatic carbocycles. The van der Waals surface area contributed by atoms with Gasteiger partial charge in [-0.2, -0.15) is 0 Å². The van der Waals surface area contributed by atoms with Gasteiger partial charge in [-0.05, 0) is 45.6 Å². The molecule has 1 rings (SSSR count). The van der Waals surface area contributed by atoms with Crippen LogP contribution in [0.2, 0.25) is 0 Å². The Labute approximate surface area is 133 Å². The molecule has 0 bridgehead atoms. The van der Waals surface area contributed by atoms with Crippen molar-refractivity contribution >= 4 is 17.6 Å². The average Bonchev–Trinajstić information content (AvgIpc) is 2.47. The zero-order valence-electron chi connectivity index (χ0n) is 13.0. The Bertz CT molecular complexity index is 502. The van der Waals surface area contributed by atoms with Crippen LogP contribution in [0.4, 0.5) is 5.69 Å². The Kier molecular flexibility index (Phi) is 9.69. The zero-order valence-corrected chi connectivity index (χ0v) is 13.0. The molecule has 0 saturated carbocycles. The van der Waals surface area contributed by atoms with Gasteiger partial charge in [-0.3, -0.25) is 10.1 Å². The number of nitrogens with zero attached hydrogens (tertiary/aromatic N) is 2. The molecule has 0 aliphatic carbocycles. The van der Waals surface area contributed by atoms with E-state index in [0.717, 1.165) is 19.4 Å². The number of carboxylic acid groups (broad SMARTS) is 2. The van der Waals surface area contributed by atoms with Gasteiger partial charge in [0.15, 0.2) is 0 Å². The number of non-ortho nitro benzene ring substituents is 1. The predicted molar refractivity (Wildman–Crippen MR) is 81.7 cm³/mol. The second-order valence-electron chi connectivity index (χ2n) is 4.72. The number of ether oxygens (including phenoxy) is 1. The monoisotopic (exact) mass is 328 g/mol. The van der Waals surface area contributed by atoms with Gasteiger partial charge >= 0.3 is 11.9 Å². The molecule has 23 heavy (non-hydrogen) atoms. The minimum absolute atomic E-state index is 0.0879. The molecule has 0 aliphatic rings. The van der Waals surface area contributed by atoms with E-state index in [2.05, 4.69) is 4.90 Å². The number of hydrogen-bond donors (Lipinski definition) is 2. The summed E-state index contributed by atoms with van der Waals surface area (Å²) in [7, 11) is 4.08. The van der Waals surface area contributed by atoms with E-state index in [0.29, 0.717) is 12.4 Å². The third-order valence-corrected chi connectivity index (χ3v) is 2.50. The van der Waals surface area contributed by atoms with Gasteiger partial charge in [0.05, 0.1) is 11.5 Å². The Morgan fingerprint density at radius 1 is 1.13 bits per heavy atom. The molecule has 128 valence electrons. The number of unbranched alkanes of at least 4 members (excludes halogenated alkanes) is 1. The molecule has 0 fully saturated rings. The first-order valence-corrected chi connectivity index (χ1v) is 6.72. The summed E-state index contributed by atoms with van der Waals surface area (Å²) < 4.78 is 5.48. The number of rotatable bonds is 7. The van der Waals surface area contributed by atoms with Crippen molar-refractivity contribution in [2.24, 2.45) is 0 Å². The lowest BCUT2D eigenvalue weighted by Crippen LogP contribution is -2.13. The van der Waals surface area contributed by atoms with Crippen LogP contribution in [-0.4, -0.2) is 59.2 Å². The molecule has 9 heteroatoms. The molecule has 0 amide bonds. The van der Waals surface area contributed by atoms with Crippen molar-refractivity contribution < 1.29 is 29.5 Å². The summed E-state index contributed by atoms with van der Waals surface area (Å²) in [5, 5.41) is 25.2. The molecule has 0 spiro atoms. The lowest BCUT2D eigenvalue weighted by atomic mass is 10.3. The summed E-state index contributed by atoms with van der Waals surface area (Å²) in [4.78, 5) is 30.3. The Morgan fingerprint density at radius 2 is 1.65 bits per heavy atom. The van der Waals surface area contributed by atoms with Gasteiger partial charge in [0.2, 0.25) is 0 Å². The number of nitro benzene ring substituents is 1. The lowest BCUT2D eigenvalue weighted by molar-refractivity contribution is -0.384. The molecule has 0 unspecified atom stereocenters. The summed E-state index contributed by atoms with van der Waals surface area (Å²) >= 11 is 0. The third-order valence-electron chi connectivity index (χ3n) is 2.50. The van der Waals surface area contributed by atoms with Crippen LogP contribution in [0.15, 0.2) is 24.3 Å². The smallest absolute Gasteiger partial charge is 0.414 e. The van der Waals surface area contributed by atoms with Gasteiger partial charge in [-0.15, -0.1) is 0 Å². The maximum absolute atomic E-state index is 10.4. The van der Waals surface area contributed by atoms with Gasteiger partial charge in [0.1, 0.15) is 5.75 Å².